The van der Waals surface area contributed by atoms with Gasteiger partial charge in [-0.05, 0) is 47.2 Å². The number of nitrogens with one attached hydrogen (secondary N) is 1. The molecule has 7 heteroatoms. The Balaban J connectivity index is 1.65. The average molecular weight is 415 g/mol. The molecule has 1 N–H and O–H groups in total. The molecule has 0 bridgehead atoms. The molecule has 0 unspecified atom stereocenters. The van der Waals surface area contributed by atoms with Gasteiger partial charge in [-0.1, -0.05) is 12.1 Å². The van der Waals surface area contributed by atoms with E-state index in [-0.39, 0.29) is 11.8 Å². The summed E-state index contributed by atoms with van der Waals surface area (Å²) in [5.41, 5.74) is 1.50. The SMILES string of the molecule is COCCN(C(=O)Cc1cccs1)c1ccc(NC(=O)Cc2cccs2)cc1. The van der Waals surface area contributed by atoms with E-state index in [0.717, 1.165) is 15.4 Å². The summed E-state index contributed by atoms with van der Waals surface area (Å²) in [7, 11) is 1.62. The Labute approximate surface area is 172 Å². The Hall–Kier alpha value is -2.48. The largest absolute Gasteiger partial charge is 0.383 e. The maximum Gasteiger partial charge on any atom is 0.232 e. The lowest BCUT2D eigenvalue weighted by Gasteiger charge is -2.22. The quantitative estimate of drug-likeness (QED) is 0.571. The van der Waals surface area contributed by atoms with Crippen LogP contribution in [-0.2, 0) is 27.2 Å². The van der Waals surface area contributed by atoms with E-state index >= 15 is 0 Å². The van der Waals surface area contributed by atoms with Crippen LogP contribution in [0.3, 0.4) is 0 Å². The first-order chi connectivity index (χ1) is 13.7. The van der Waals surface area contributed by atoms with Crippen molar-refractivity contribution in [2.45, 2.75) is 12.8 Å². The molecule has 3 rings (SSSR count). The van der Waals surface area contributed by atoms with Crippen molar-refractivity contribution in [3.63, 3.8) is 0 Å². The van der Waals surface area contributed by atoms with Gasteiger partial charge in [-0.2, -0.15) is 0 Å². The van der Waals surface area contributed by atoms with Crippen LogP contribution in [0.2, 0.25) is 0 Å². The highest BCUT2D eigenvalue weighted by Gasteiger charge is 2.17. The van der Waals surface area contributed by atoms with Gasteiger partial charge in [0, 0.05) is 34.8 Å². The van der Waals surface area contributed by atoms with Crippen LogP contribution >= 0.6 is 22.7 Å². The summed E-state index contributed by atoms with van der Waals surface area (Å²) < 4.78 is 5.16. The van der Waals surface area contributed by atoms with Crippen LogP contribution in [0.4, 0.5) is 11.4 Å². The molecule has 0 aliphatic carbocycles. The van der Waals surface area contributed by atoms with Gasteiger partial charge in [0.1, 0.15) is 0 Å². The van der Waals surface area contributed by atoms with Crippen molar-refractivity contribution in [3.8, 4) is 0 Å². The first kappa shape index (κ1) is 20.3. The van der Waals surface area contributed by atoms with Crippen molar-refractivity contribution in [3.05, 3.63) is 69.0 Å². The van der Waals surface area contributed by atoms with Crippen LogP contribution in [0.15, 0.2) is 59.3 Å². The molecule has 2 aromatic heterocycles. The van der Waals surface area contributed by atoms with Crippen molar-refractivity contribution >= 4 is 45.9 Å². The number of methoxy groups -OCH3 is 1. The predicted octanol–water partition coefficient (Wildman–Crippen LogP) is 4.21. The fourth-order valence-electron chi connectivity index (χ4n) is 2.74. The maximum absolute atomic E-state index is 12.8. The summed E-state index contributed by atoms with van der Waals surface area (Å²) in [4.78, 5) is 28.7. The van der Waals surface area contributed by atoms with Gasteiger partial charge in [0.25, 0.3) is 0 Å². The number of ether oxygens (including phenoxy) is 1. The fraction of sp³-hybridized carbons (Fsp3) is 0.238. The van der Waals surface area contributed by atoms with Gasteiger partial charge in [0.05, 0.1) is 19.4 Å². The minimum Gasteiger partial charge on any atom is -0.383 e. The second-order valence-electron chi connectivity index (χ2n) is 6.15. The topological polar surface area (TPSA) is 58.6 Å². The summed E-state index contributed by atoms with van der Waals surface area (Å²) >= 11 is 3.14. The third kappa shape index (κ3) is 5.76. The number of carbonyl (C=O) groups is 2. The number of anilines is 2. The molecule has 2 amide bonds. The lowest BCUT2D eigenvalue weighted by molar-refractivity contribution is -0.118. The third-order valence-electron chi connectivity index (χ3n) is 4.10. The minimum atomic E-state index is -0.0554. The van der Waals surface area contributed by atoms with E-state index < -0.39 is 0 Å². The monoisotopic (exact) mass is 414 g/mol. The smallest absolute Gasteiger partial charge is 0.232 e. The zero-order chi connectivity index (χ0) is 19.8. The molecule has 0 atom stereocenters. The second kappa shape index (κ2) is 10.2. The standard InChI is InChI=1S/C21H22N2O3S2/c1-26-11-10-23(21(25)15-19-5-3-13-28-19)17-8-6-16(7-9-17)22-20(24)14-18-4-2-12-27-18/h2-9,12-13H,10-11,14-15H2,1H3,(H,22,24). The molecule has 0 fully saturated rings. The summed E-state index contributed by atoms with van der Waals surface area (Å²) in [6.07, 6.45) is 0.722. The molecule has 0 radical (unpaired) electrons. The number of rotatable bonds is 9. The van der Waals surface area contributed by atoms with Gasteiger partial charge in [0.2, 0.25) is 11.8 Å². The van der Waals surface area contributed by atoms with Crippen molar-refractivity contribution in [2.75, 3.05) is 30.5 Å². The zero-order valence-electron chi connectivity index (χ0n) is 15.6. The molecule has 2 heterocycles. The first-order valence-corrected chi connectivity index (χ1v) is 10.7. The highest BCUT2D eigenvalue weighted by atomic mass is 32.1. The van der Waals surface area contributed by atoms with Crippen molar-refractivity contribution in [1.29, 1.82) is 0 Å². The summed E-state index contributed by atoms with van der Waals surface area (Å²) in [6.45, 7) is 0.931. The maximum atomic E-state index is 12.8. The summed E-state index contributed by atoms with van der Waals surface area (Å²) in [5, 5.41) is 6.82. The van der Waals surface area contributed by atoms with Crippen molar-refractivity contribution in [1.82, 2.24) is 0 Å². The molecule has 146 valence electrons. The van der Waals surface area contributed by atoms with E-state index in [1.54, 1.807) is 34.7 Å². The fourth-order valence-corrected chi connectivity index (χ4v) is 4.14. The summed E-state index contributed by atoms with van der Waals surface area (Å²) in [5.74, 6) is -0.0332. The average Bonchev–Trinajstić information content (AvgIpc) is 3.37. The normalized spacial score (nSPS) is 10.6. The molecule has 0 aliphatic rings. The number of benzene rings is 1. The molecule has 0 spiro atoms. The highest BCUT2D eigenvalue weighted by Crippen LogP contribution is 2.21. The third-order valence-corrected chi connectivity index (χ3v) is 5.86. The Morgan fingerprint density at radius 3 is 2.18 bits per heavy atom. The number of amides is 2. The molecule has 1 aromatic carbocycles. The van der Waals surface area contributed by atoms with Gasteiger partial charge < -0.3 is 15.0 Å². The Bertz CT molecular complexity index is 875. The zero-order valence-corrected chi connectivity index (χ0v) is 17.2. The molecule has 0 aliphatic heterocycles. The van der Waals surface area contributed by atoms with E-state index in [2.05, 4.69) is 5.32 Å². The number of nitrogens with zero attached hydrogens (tertiary/aromatic N) is 1. The van der Waals surface area contributed by atoms with Crippen LogP contribution in [-0.4, -0.2) is 32.1 Å². The summed E-state index contributed by atoms with van der Waals surface area (Å²) in [6, 6.07) is 15.1. The molecular formula is C21H22N2O3S2. The number of hydrogen-bond donors (Lipinski definition) is 1. The minimum absolute atomic E-state index is 0.0222. The Morgan fingerprint density at radius 1 is 0.964 bits per heavy atom. The van der Waals surface area contributed by atoms with E-state index in [4.69, 9.17) is 4.74 Å². The van der Waals surface area contributed by atoms with Crippen LogP contribution in [0.5, 0.6) is 0 Å². The van der Waals surface area contributed by atoms with Gasteiger partial charge in [-0.25, -0.2) is 0 Å². The van der Waals surface area contributed by atoms with Crippen molar-refractivity contribution < 1.29 is 14.3 Å². The molecular weight excluding hydrogens is 392 g/mol. The number of thiophene rings is 2. The van der Waals surface area contributed by atoms with E-state index in [1.807, 2.05) is 59.3 Å². The van der Waals surface area contributed by atoms with Gasteiger partial charge in [-0.15, -0.1) is 22.7 Å². The van der Waals surface area contributed by atoms with Gasteiger partial charge in [0.15, 0.2) is 0 Å². The molecule has 28 heavy (non-hydrogen) atoms. The lowest BCUT2D eigenvalue weighted by atomic mass is 10.2. The van der Waals surface area contributed by atoms with Crippen molar-refractivity contribution in [2.24, 2.45) is 0 Å². The molecule has 5 nitrogen and oxygen atoms in total. The Morgan fingerprint density at radius 2 is 1.61 bits per heavy atom. The number of hydrogen-bond acceptors (Lipinski definition) is 5. The second-order valence-corrected chi connectivity index (χ2v) is 8.21. The van der Waals surface area contributed by atoms with Gasteiger partial charge in [-0.3, -0.25) is 9.59 Å². The van der Waals surface area contributed by atoms with Gasteiger partial charge >= 0.3 is 0 Å². The first-order valence-electron chi connectivity index (χ1n) is 8.89. The Kier molecular flexibility index (Phi) is 7.36. The molecule has 3 aromatic rings. The van der Waals surface area contributed by atoms with E-state index in [1.165, 1.54) is 0 Å². The van der Waals surface area contributed by atoms with Crippen LogP contribution in [0.1, 0.15) is 9.75 Å². The molecule has 0 saturated carbocycles. The lowest BCUT2D eigenvalue weighted by Crippen LogP contribution is -2.35. The molecule has 0 saturated heterocycles. The van der Waals surface area contributed by atoms with Crippen LogP contribution in [0.25, 0.3) is 0 Å². The van der Waals surface area contributed by atoms with Crippen LogP contribution in [0, 0.1) is 0 Å². The van der Waals surface area contributed by atoms with E-state index in [9.17, 15) is 9.59 Å². The highest BCUT2D eigenvalue weighted by molar-refractivity contribution is 7.10. The van der Waals surface area contributed by atoms with Crippen LogP contribution < -0.4 is 10.2 Å². The predicted molar refractivity (Wildman–Crippen MR) is 115 cm³/mol. The van der Waals surface area contributed by atoms with E-state index in [0.29, 0.717) is 31.7 Å². The number of carbonyl (C=O) groups excluding carboxylic acids is 2.